The fourth-order valence-corrected chi connectivity index (χ4v) is 4.67. The van der Waals surface area contributed by atoms with Crippen LogP contribution in [0.2, 0.25) is 0 Å². The van der Waals surface area contributed by atoms with Gasteiger partial charge in [0.05, 0.1) is 26.3 Å². The Labute approximate surface area is 178 Å². The van der Waals surface area contributed by atoms with E-state index in [9.17, 15) is 14.9 Å². The summed E-state index contributed by atoms with van der Waals surface area (Å²) in [6.45, 7) is 0.245. The third-order valence-corrected chi connectivity index (χ3v) is 6.15. The zero-order valence-corrected chi connectivity index (χ0v) is 17.7. The number of aliphatic hydroxyl groups is 1. The van der Waals surface area contributed by atoms with Crippen LogP contribution in [-0.2, 0) is 29.0 Å². The summed E-state index contributed by atoms with van der Waals surface area (Å²) < 4.78 is 10.6. The molecule has 3 rings (SSSR count). The van der Waals surface area contributed by atoms with E-state index in [1.54, 1.807) is 31.3 Å². The molecule has 0 bridgehead atoms. The van der Waals surface area contributed by atoms with E-state index in [-0.39, 0.29) is 18.2 Å². The zero-order chi connectivity index (χ0) is 21.7. The maximum absolute atomic E-state index is 12.6. The Bertz CT molecular complexity index is 995. The third kappa shape index (κ3) is 4.56. The molecule has 0 radical (unpaired) electrons. The van der Waals surface area contributed by atoms with Gasteiger partial charge in [-0.2, -0.15) is 5.26 Å². The Balaban J connectivity index is 1.70. The number of methoxy groups -OCH3 is 2. The van der Waals surface area contributed by atoms with Crippen LogP contribution in [-0.4, -0.2) is 49.2 Å². The summed E-state index contributed by atoms with van der Waals surface area (Å²) in [5, 5.41) is 22.0. The molecule has 0 saturated carbocycles. The first-order chi connectivity index (χ1) is 14.5. The molecule has 0 aliphatic carbocycles. The molecule has 0 saturated heterocycles. The number of nitrogens with zero attached hydrogens (tertiary/aromatic N) is 2. The molecule has 2 N–H and O–H groups in total. The Morgan fingerprint density at radius 2 is 2.13 bits per heavy atom. The molecule has 9 heteroatoms. The molecule has 1 aliphatic rings. The maximum Gasteiger partial charge on any atom is 0.248 e. The van der Waals surface area contributed by atoms with E-state index in [1.165, 1.54) is 11.3 Å². The molecule has 1 aliphatic heterocycles. The van der Waals surface area contributed by atoms with Gasteiger partial charge in [0, 0.05) is 17.8 Å². The number of rotatable bonds is 7. The number of aliphatic hydroxyl groups excluding tert-OH is 1. The molecule has 30 heavy (non-hydrogen) atoms. The van der Waals surface area contributed by atoms with Crippen molar-refractivity contribution in [2.24, 2.45) is 0 Å². The second-order valence-corrected chi connectivity index (χ2v) is 7.87. The quantitative estimate of drug-likeness (QED) is 0.697. The van der Waals surface area contributed by atoms with Crippen molar-refractivity contribution >= 4 is 28.2 Å². The van der Waals surface area contributed by atoms with Crippen LogP contribution in [0.3, 0.4) is 0 Å². The Kier molecular flexibility index (Phi) is 6.92. The summed E-state index contributed by atoms with van der Waals surface area (Å²) in [5.41, 5.74) is 2.18. The van der Waals surface area contributed by atoms with Crippen LogP contribution in [0.5, 0.6) is 11.5 Å². The highest BCUT2D eigenvalue weighted by molar-refractivity contribution is 7.16. The highest BCUT2D eigenvalue weighted by atomic mass is 32.1. The van der Waals surface area contributed by atoms with E-state index in [0.29, 0.717) is 48.0 Å². The van der Waals surface area contributed by atoms with Crippen molar-refractivity contribution in [2.75, 3.05) is 32.7 Å². The minimum Gasteiger partial charge on any atom is -0.497 e. The number of carbonyl (C=O) groups excluding carboxylic acids is 2. The van der Waals surface area contributed by atoms with E-state index >= 15 is 0 Å². The Hall–Kier alpha value is -3.09. The number of carbonyl (C=O) groups is 2. The van der Waals surface area contributed by atoms with Crippen molar-refractivity contribution in [2.45, 2.75) is 25.8 Å². The average molecular weight is 429 g/mol. The lowest BCUT2D eigenvalue weighted by Crippen LogP contribution is -2.37. The number of thiophene rings is 1. The average Bonchev–Trinajstić information content (AvgIpc) is 3.12. The van der Waals surface area contributed by atoms with Gasteiger partial charge in [-0.1, -0.05) is 0 Å². The molecule has 0 fully saturated rings. The fourth-order valence-electron chi connectivity index (χ4n) is 3.44. The fraction of sp³-hybridized carbons (Fsp3) is 0.381. The monoisotopic (exact) mass is 429 g/mol. The molecule has 2 amide bonds. The molecule has 1 aromatic carbocycles. The number of hydrogen-bond donors (Lipinski definition) is 2. The second-order valence-electron chi connectivity index (χ2n) is 6.77. The first-order valence-corrected chi connectivity index (χ1v) is 10.3. The summed E-state index contributed by atoms with van der Waals surface area (Å²) in [7, 11) is 3.15. The molecule has 0 atom stereocenters. The number of amides is 2. The van der Waals surface area contributed by atoms with Gasteiger partial charge in [0.25, 0.3) is 0 Å². The van der Waals surface area contributed by atoms with Crippen LogP contribution < -0.4 is 14.8 Å². The largest absolute Gasteiger partial charge is 0.497 e. The number of aryl methyl sites for hydroxylation is 1. The summed E-state index contributed by atoms with van der Waals surface area (Å²) in [4.78, 5) is 26.7. The first kappa shape index (κ1) is 21.6. The van der Waals surface area contributed by atoms with Gasteiger partial charge in [-0.25, -0.2) is 0 Å². The SMILES string of the molecule is COc1ccc(OC)c(CCC(=O)Nc2sc3c(c2C#N)CCN(C(=O)CO)C3)c1. The lowest BCUT2D eigenvalue weighted by molar-refractivity contribution is -0.135. The highest BCUT2D eigenvalue weighted by Crippen LogP contribution is 2.37. The summed E-state index contributed by atoms with van der Waals surface area (Å²) in [5.74, 6) is 0.816. The standard InChI is InChI=1S/C21H23N3O5S/c1-28-14-4-5-17(29-2)13(9-14)3-6-19(26)23-21-16(10-22)15-7-8-24(20(27)12-25)11-18(15)30-21/h4-5,9,25H,3,6-8,11-12H2,1-2H3,(H,23,26). The van der Waals surface area contributed by atoms with Crippen molar-refractivity contribution < 1.29 is 24.2 Å². The molecular weight excluding hydrogens is 406 g/mol. The van der Waals surface area contributed by atoms with Crippen LogP contribution in [0.25, 0.3) is 0 Å². The smallest absolute Gasteiger partial charge is 0.248 e. The lowest BCUT2D eigenvalue weighted by Gasteiger charge is -2.26. The topological polar surface area (TPSA) is 112 Å². The number of anilines is 1. The summed E-state index contributed by atoms with van der Waals surface area (Å²) in [6, 6.07) is 7.61. The van der Waals surface area contributed by atoms with Gasteiger partial charge in [0.15, 0.2) is 0 Å². The van der Waals surface area contributed by atoms with Gasteiger partial charge in [0.1, 0.15) is 29.2 Å². The first-order valence-electron chi connectivity index (χ1n) is 9.44. The van der Waals surface area contributed by atoms with E-state index in [2.05, 4.69) is 11.4 Å². The number of nitriles is 1. The van der Waals surface area contributed by atoms with Crippen molar-refractivity contribution in [3.63, 3.8) is 0 Å². The number of benzene rings is 1. The number of fused-ring (bicyclic) bond motifs is 1. The highest BCUT2D eigenvalue weighted by Gasteiger charge is 2.27. The second kappa shape index (κ2) is 9.61. The molecule has 2 aromatic rings. The molecular formula is C21H23N3O5S. The third-order valence-electron chi connectivity index (χ3n) is 5.02. The zero-order valence-electron chi connectivity index (χ0n) is 16.9. The van der Waals surface area contributed by atoms with Crippen molar-refractivity contribution in [1.29, 1.82) is 5.26 Å². The van der Waals surface area contributed by atoms with Gasteiger partial charge < -0.3 is 24.8 Å². The van der Waals surface area contributed by atoms with Gasteiger partial charge in [-0.15, -0.1) is 11.3 Å². The van der Waals surface area contributed by atoms with Gasteiger partial charge in [0.2, 0.25) is 11.8 Å². The van der Waals surface area contributed by atoms with E-state index in [0.717, 1.165) is 16.0 Å². The van der Waals surface area contributed by atoms with Crippen LogP contribution in [0.4, 0.5) is 5.00 Å². The van der Waals surface area contributed by atoms with Crippen LogP contribution in [0.15, 0.2) is 18.2 Å². The number of ether oxygens (including phenoxy) is 2. The predicted molar refractivity (Wildman–Crippen MR) is 112 cm³/mol. The van der Waals surface area contributed by atoms with Gasteiger partial charge in [-0.05, 0) is 42.2 Å². The molecule has 0 spiro atoms. The van der Waals surface area contributed by atoms with E-state index in [1.807, 2.05) is 6.07 Å². The minimum atomic E-state index is -0.539. The summed E-state index contributed by atoms with van der Waals surface area (Å²) >= 11 is 1.31. The van der Waals surface area contributed by atoms with Gasteiger partial charge >= 0.3 is 0 Å². The van der Waals surface area contributed by atoms with Crippen LogP contribution in [0.1, 0.15) is 28.0 Å². The molecule has 1 aromatic heterocycles. The Morgan fingerprint density at radius 3 is 2.80 bits per heavy atom. The molecule has 8 nitrogen and oxygen atoms in total. The maximum atomic E-state index is 12.6. The van der Waals surface area contributed by atoms with Crippen molar-refractivity contribution in [3.8, 4) is 17.6 Å². The number of nitrogens with one attached hydrogen (secondary N) is 1. The van der Waals surface area contributed by atoms with Gasteiger partial charge in [-0.3, -0.25) is 9.59 Å². The lowest BCUT2D eigenvalue weighted by atomic mass is 10.0. The summed E-state index contributed by atoms with van der Waals surface area (Å²) in [6.07, 6.45) is 1.20. The molecule has 158 valence electrons. The van der Waals surface area contributed by atoms with Crippen LogP contribution >= 0.6 is 11.3 Å². The van der Waals surface area contributed by atoms with Crippen LogP contribution in [0, 0.1) is 11.3 Å². The predicted octanol–water partition coefficient (Wildman–Crippen LogP) is 2.09. The minimum absolute atomic E-state index is 0.210. The molecule has 0 unspecified atom stereocenters. The number of hydrogen-bond acceptors (Lipinski definition) is 7. The van der Waals surface area contributed by atoms with E-state index in [4.69, 9.17) is 14.6 Å². The Morgan fingerprint density at radius 1 is 1.33 bits per heavy atom. The normalized spacial score (nSPS) is 12.7. The molecule has 2 heterocycles. The van der Waals surface area contributed by atoms with Crippen molar-refractivity contribution in [1.82, 2.24) is 4.90 Å². The van der Waals surface area contributed by atoms with Crippen molar-refractivity contribution in [3.05, 3.63) is 39.8 Å². The van der Waals surface area contributed by atoms with E-state index < -0.39 is 6.61 Å².